The quantitative estimate of drug-likeness (QED) is 0.776. The first-order valence-corrected chi connectivity index (χ1v) is 10.0. The van der Waals surface area contributed by atoms with Crippen LogP contribution in [0, 0.1) is 5.92 Å². The van der Waals surface area contributed by atoms with Crippen LogP contribution in [0.25, 0.3) is 0 Å². The van der Waals surface area contributed by atoms with E-state index in [2.05, 4.69) is 17.3 Å². The van der Waals surface area contributed by atoms with Crippen LogP contribution in [0.3, 0.4) is 0 Å². The third kappa shape index (κ3) is 3.66. The van der Waals surface area contributed by atoms with Gasteiger partial charge in [0.15, 0.2) is 0 Å². The first-order valence-electron chi connectivity index (χ1n) is 10.0. The molecule has 1 N–H and O–H groups in total. The van der Waals surface area contributed by atoms with Crippen LogP contribution in [0.1, 0.15) is 53.2 Å². The summed E-state index contributed by atoms with van der Waals surface area (Å²) in [7, 11) is 2.07. The molecule has 2 aromatic rings. The van der Waals surface area contributed by atoms with Crippen LogP contribution >= 0.6 is 0 Å². The van der Waals surface area contributed by atoms with E-state index >= 15 is 0 Å². The fourth-order valence-corrected chi connectivity index (χ4v) is 5.13. The average molecular weight is 402 g/mol. The van der Waals surface area contributed by atoms with Gasteiger partial charge in [-0.3, -0.25) is 9.69 Å². The van der Waals surface area contributed by atoms with Crippen LogP contribution in [0.15, 0.2) is 54.6 Å². The lowest BCUT2D eigenvalue weighted by Gasteiger charge is -2.57. The van der Waals surface area contributed by atoms with Crippen LogP contribution in [0.4, 0.5) is 13.2 Å². The molecule has 1 aliphatic carbocycles. The molecule has 2 bridgehead atoms. The maximum absolute atomic E-state index is 13.4. The highest BCUT2D eigenvalue weighted by molar-refractivity contribution is 5.96. The third-order valence-corrected chi connectivity index (χ3v) is 6.69. The molecule has 2 aliphatic heterocycles. The molecule has 1 amide bonds. The summed E-state index contributed by atoms with van der Waals surface area (Å²) in [5.41, 5.74) is -0.580. The van der Waals surface area contributed by atoms with Gasteiger partial charge in [-0.15, -0.1) is 0 Å². The number of carbonyl (C=O) groups excluding carboxylic acids is 1. The van der Waals surface area contributed by atoms with Crippen molar-refractivity contribution in [3.63, 3.8) is 0 Å². The number of hydrogen-bond acceptors (Lipinski definition) is 2. The SMILES string of the molecule is CN1CC2CCC1(C(NC(=O)c1ccccc1C(F)(F)F)c1ccccc1)CC2. The monoisotopic (exact) mass is 402 g/mol. The molecule has 5 rings (SSSR count). The maximum Gasteiger partial charge on any atom is 0.417 e. The van der Waals surface area contributed by atoms with Crippen molar-refractivity contribution >= 4 is 5.91 Å². The molecular formula is C23H25F3N2O. The highest BCUT2D eigenvalue weighted by atomic mass is 19.4. The number of fused-ring (bicyclic) bond motifs is 3. The van der Waals surface area contributed by atoms with Gasteiger partial charge in [0.1, 0.15) is 0 Å². The molecule has 1 saturated carbocycles. The summed E-state index contributed by atoms with van der Waals surface area (Å²) < 4.78 is 40.3. The van der Waals surface area contributed by atoms with E-state index in [1.807, 2.05) is 30.3 Å². The number of nitrogens with one attached hydrogen (secondary N) is 1. The summed E-state index contributed by atoms with van der Waals surface area (Å²) in [6, 6.07) is 14.2. The Hall–Kier alpha value is -2.34. The van der Waals surface area contributed by atoms with Crippen LogP contribution in [0.2, 0.25) is 0 Å². The lowest BCUT2D eigenvalue weighted by atomic mass is 9.65. The molecule has 154 valence electrons. The van der Waals surface area contributed by atoms with E-state index in [1.165, 1.54) is 18.2 Å². The number of hydrogen-bond donors (Lipinski definition) is 1. The predicted molar refractivity (Wildman–Crippen MR) is 105 cm³/mol. The van der Waals surface area contributed by atoms with Gasteiger partial charge in [0.25, 0.3) is 5.91 Å². The van der Waals surface area contributed by atoms with Gasteiger partial charge in [0.2, 0.25) is 0 Å². The number of benzene rings is 2. The number of alkyl halides is 3. The normalized spacial score (nSPS) is 25.6. The lowest BCUT2D eigenvalue weighted by Crippen LogP contribution is -2.62. The Morgan fingerprint density at radius 3 is 2.31 bits per heavy atom. The fourth-order valence-electron chi connectivity index (χ4n) is 5.13. The zero-order valence-corrected chi connectivity index (χ0v) is 16.4. The van der Waals surface area contributed by atoms with Crippen LogP contribution in [0.5, 0.6) is 0 Å². The van der Waals surface area contributed by atoms with Crippen molar-refractivity contribution < 1.29 is 18.0 Å². The molecule has 0 aromatic heterocycles. The molecule has 29 heavy (non-hydrogen) atoms. The summed E-state index contributed by atoms with van der Waals surface area (Å²) in [5.74, 6) is -0.0118. The number of nitrogens with zero attached hydrogens (tertiary/aromatic N) is 1. The van der Waals surface area contributed by atoms with Crippen molar-refractivity contribution in [2.45, 2.75) is 43.4 Å². The second-order valence-electron chi connectivity index (χ2n) is 8.29. The summed E-state index contributed by atoms with van der Waals surface area (Å²) in [5, 5.41) is 3.00. The van der Waals surface area contributed by atoms with Crippen molar-refractivity contribution in [2.75, 3.05) is 13.6 Å². The smallest absolute Gasteiger partial charge is 0.343 e. The van der Waals surface area contributed by atoms with E-state index < -0.39 is 17.6 Å². The van der Waals surface area contributed by atoms with Gasteiger partial charge >= 0.3 is 6.18 Å². The maximum atomic E-state index is 13.4. The number of halogens is 3. The lowest BCUT2D eigenvalue weighted by molar-refractivity contribution is -0.138. The van der Waals surface area contributed by atoms with Gasteiger partial charge in [-0.25, -0.2) is 0 Å². The fraction of sp³-hybridized carbons (Fsp3) is 0.435. The Kier molecular flexibility index (Phi) is 5.15. The zero-order valence-electron chi connectivity index (χ0n) is 16.4. The summed E-state index contributed by atoms with van der Waals surface area (Å²) >= 11 is 0. The number of piperidine rings is 2. The van der Waals surface area contributed by atoms with Crippen LogP contribution in [-0.4, -0.2) is 29.9 Å². The van der Waals surface area contributed by atoms with E-state index in [-0.39, 0.29) is 17.1 Å². The van der Waals surface area contributed by atoms with E-state index in [1.54, 1.807) is 0 Å². The average Bonchev–Trinajstić information content (AvgIpc) is 2.72. The Morgan fingerprint density at radius 2 is 1.69 bits per heavy atom. The molecule has 3 nitrogen and oxygen atoms in total. The molecule has 3 fully saturated rings. The van der Waals surface area contributed by atoms with Gasteiger partial charge in [0, 0.05) is 12.1 Å². The van der Waals surface area contributed by atoms with Gasteiger partial charge in [0.05, 0.1) is 17.2 Å². The van der Waals surface area contributed by atoms with E-state index in [0.29, 0.717) is 5.92 Å². The molecule has 2 saturated heterocycles. The molecule has 2 aromatic carbocycles. The van der Waals surface area contributed by atoms with E-state index in [0.717, 1.165) is 43.9 Å². The Bertz CT molecular complexity index is 873. The first kappa shape index (κ1) is 20.0. The van der Waals surface area contributed by atoms with Crippen molar-refractivity contribution in [1.29, 1.82) is 0 Å². The molecule has 1 unspecified atom stereocenters. The van der Waals surface area contributed by atoms with Crippen molar-refractivity contribution in [3.05, 3.63) is 71.3 Å². The van der Waals surface area contributed by atoms with Gasteiger partial charge in [-0.05, 0) is 56.3 Å². The topological polar surface area (TPSA) is 32.3 Å². The predicted octanol–water partition coefficient (Wildman–Crippen LogP) is 5.05. The van der Waals surface area contributed by atoms with E-state index in [9.17, 15) is 18.0 Å². The Balaban J connectivity index is 1.72. The summed E-state index contributed by atoms with van der Waals surface area (Å²) in [4.78, 5) is 15.4. The zero-order chi connectivity index (χ0) is 20.6. The second kappa shape index (κ2) is 7.48. The number of likely N-dealkylation sites (N-methyl/N-ethyl adjacent to an activating group) is 1. The molecule has 2 heterocycles. The third-order valence-electron chi connectivity index (χ3n) is 6.69. The first-order chi connectivity index (χ1) is 13.8. The van der Waals surface area contributed by atoms with Crippen molar-refractivity contribution in [3.8, 4) is 0 Å². The molecule has 3 aliphatic rings. The minimum atomic E-state index is -4.58. The molecule has 6 heteroatoms. The molecular weight excluding hydrogens is 377 g/mol. The van der Waals surface area contributed by atoms with Gasteiger partial charge < -0.3 is 5.32 Å². The molecule has 0 spiro atoms. The molecule has 1 atom stereocenters. The highest BCUT2D eigenvalue weighted by Gasteiger charge is 2.50. The van der Waals surface area contributed by atoms with Crippen LogP contribution < -0.4 is 5.32 Å². The van der Waals surface area contributed by atoms with E-state index in [4.69, 9.17) is 0 Å². The second-order valence-corrected chi connectivity index (χ2v) is 8.29. The van der Waals surface area contributed by atoms with Gasteiger partial charge in [-0.1, -0.05) is 42.5 Å². The number of carbonyl (C=O) groups is 1. The Morgan fingerprint density at radius 1 is 1.07 bits per heavy atom. The number of rotatable bonds is 4. The minimum Gasteiger partial charge on any atom is -0.343 e. The largest absolute Gasteiger partial charge is 0.417 e. The molecule has 0 radical (unpaired) electrons. The minimum absolute atomic E-state index is 0.279. The number of amides is 1. The summed E-state index contributed by atoms with van der Waals surface area (Å²) in [6.45, 7) is 0.957. The van der Waals surface area contributed by atoms with Crippen molar-refractivity contribution in [1.82, 2.24) is 10.2 Å². The standard InChI is InChI=1S/C23H25F3N2O/c1-28-15-16-11-13-22(28,14-12-16)20(17-7-3-2-4-8-17)27-21(29)18-9-5-6-10-19(18)23(24,25)26/h2-10,16,20H,11-15H2,1H3,(H,27,29). The highest BCUT2D eigenvalue weighted by Crippen LogP contribution is 2.49. The Labute approximate surface area is 168 Å². The van der Waals surface area contributed by atoms with Crippen molar-refractivity contribution in [2.24, 2.45) is 5.92 Å². The van der Waals surface area contributed by atoms with Gasteiger partial charge in [-0.2, -0.15) is 13.2 Å². The van der Waals surface area contributed by atoms with Crippen LogP contribution in [-0.2, 0) is 6.18 Å². The summed E-state index contributed by atoms with van der Waals surface area (Å²) in [6.07, 6.45) is -0.552.